The summed E-state index contributed by atoms with van der Waals surface area (Å²) in [6, 6.07) is 15.6. The lowest BCUT2D eigenvalue weighted by Crippen LogP contribution is -2.04. The summed E-state index contributed by atoms with van der Waals surface area (Å²) in [5.74, 6) is 1.15. The van der Waals surface area contributed by atoms with Gasteiger partial charge in [0, 0.05) is 10.5 Å². The number of hydrogen-bond donors (Lipinski definition) is 0. The molecule has 0 aliphatic rings. The molecule has 0 radical (unpaired) electrons. The topological polar surface area (TPSA) is 17.1 Å². The third-order valence-electron chi connectivity index (χ3n) is 3.09. The summed E-state index contributed by atoms with van der Waals surface area (Å²) in [6.45, 7) is 4.36. The number of carbonyl (C=O) groups excluding carboxylic acids is 1. The van der Waals surface area contributed by atoms with Crippen LogP contribution < -0.4 is 0 Å². The number of Topliss-reactive ketones (excluding diaryl/α,β-unsaturated/α-hetero) is 1. The van der Waals surface area contributed by atoms with Crippen LogP contribution in [0.25, 0.3) is 0 Å². The van der Waals surface area contributed by atoms with Gasteiger partial charge in [0.05, 0.1) is 10.8 Å². The summed E-state index contributed by atoms with van der Waals surface area (Å²) >= 11 is 7.59. The van der Waals surface area contributed by atoms with Crippen molar-refractivity contribution < 1.29 is 4.79 Å². The van der Waals surface area contributed by atoms with Crippen molar-refractivity contribution in [3.05, 3.63) is 64.7 Å². The molecule has 0 fully saturated rings. The van der Waals surface area contributed by atoms with Gasteiger partial charge < -0.3 is 0 Å². The Morgan fingerprint density at radius 1 is 1.14 bits per heavy atom. The molecule has 0 atom stereocenters. The van der Waals surface area contributed by atoms with E-state index in [1.807, 2.05) is 42.5 Å². The van der Waals surface area contributed by atoms with Crippen LogP contribution in [0.4, 0.5) is 0 Å². The van der Waals surface area contributed by atoms with Crippen molar-refractivity contribution in [2.24, 2.45) is 5.92 Å². The van der Waals surface area contributed by atoms with Crippen LogP contribution in [0.2, 0.25) is 5.02 Å². The Bertz CT molecular complexity index is 622. The lowest BCUT2D eigenvalue weighted by molar-refractivity contribution is 0.102. The molecule has 0 heterocycles. The molecule has 0 amide bonds. The molecule has 0 aliphatic heterocycles. The first kappa shape index (κ1) is 16.1. The third-order valence-corrected chi connectivity index (χ3v) is 4.60. The molecule has 0 unspecified atom stereocenters. The molecule has 3 heteroatoms. The predicted molar refractivity (Wildman–Crippen MR) is 91.5 cm³/mol. The highest BCUT2D eigenvalue weighted by Gasteiger charge is 2.09. The molecule has 2 aromatic carbocycles. The quantitative estimate of drug-likeness (QED) is 0.515. The standard InChI is InChI=1S/C18H19ClOS/c1-13(2)10-14-6-5-7-15(11-14)17(20)12-21-18-9-4-3-8-16(18)19/h3-9,11,13H,10,12H2,1-2H3. The van der Waals surface area contributed by atoms with Gasteiger partial charge in [-0.3, -0.25) is 4.79 Å². The van der Waals surface area contributed by atoms with E-state index in [2.05, 4.69) is 19.9 Å². The minimum absolute atomic E-state index is 0.144. The van der Waals surface area contributed by atoms with Gasteiger partial charge in [-0.25, -0.2) is 0 Å². The van der Waals surface area contributed by atoms with Crippen molar-refractivity contribution in [1.82, 2.24) is 0 Å². The van der Waals surface area contributed by atoms with Crippen molar-refractivity contribution in [2.75, 3.05) is 5.75 Å². The predicted octanol–water partition coefficient (Wildman–Crippen LogP) is 5.51. The summed E-state index contributed by atoms with van der Waals surface area (Å²) in [6.07, 6.45) is 0.999. The molecule has 2 rings (SSSR count). The fourth-order valence-electron chi connectivity index (χ4n) is 2.13. The minimum Gasteiger partial charge on any atom is -0.293 e. The molecule has 0 saturated heterocycles. The number of hydrogen-bond acceptors (Lipinski definition) is 2. The van der Waals surface area contributed by atoms with E-state index >= 15 is 0 Å². The second-order valence-corrected chi connectivity index (χ2v) is 6.86. The average Bonchev–Trinajstić information content (AvgIpc) is 2.45. The summed E-state index contributed by atoms with van der Waals surface area (Å²) in [4.78, 5) is 13.3. The van der Waals surface area contributed by atoms with Crippen LogP contribution in [0.1, 0.15) is 29.8 Å². The summed E-state index contributed by atoms with van der Waals surface area (Å²) in [7, 11) is 0. The van der Waals surface area contributed by atoms with Crippen molar-refractivity contribution in [1.29, 1.82) is 0 Å². The lowest BCUT2D eigenvalue weighted by Gasteiger charge is -2.07. The smallest absolute Gasteiger partial charge is 0.173 e. The Balaban J connectivity index is 2.02. The molecule has 0 spiro atoms. The number of benzene rings is 2. The molecule has 0 bridgehead atoms. The number of thioether (sulfide) groups is 1. The van der Waals surface area contributed by atoms with E-state index in [4.69, 9.17) is 11.6 Å². The van der Waals surface area contributed by atoms with E-state index in [0.29, 0.717) is 16.7 Å². The van der Waals surface area contributed by atoms with Crippen LogP contribution >= 0.6 is 23.4 Å². The Morgan fingerprint density at radius 3 is 2.62 bits per heavy atom. The Morgan fingerprint density at radius 2 is 1.90 bits per heavy atom. The maximum Gasteiger partial charge on any atom is 0.173 e. The highest BCUT2D eigenvalue weighted by atomic mass is 35.5. The minimum atomic E-state index is 0.144. The van der Waals surface area contributed by atoms with Crippen LogP contribution in [-0.2, 0) is 6.42 Å². The second-order valence-electron chi connectivity index (χ2n) is 5.44. The first-order valence-electron chi connectivity index (χ1n) is 7.05. The van der Waals surface area contributed by atoms with Crippen molar-refractivity contribution in [3.63, 3.8) is 0 Å². The van der Waals surface area contributed by atoms with Crippen LogP contribution in [-0.4, -0.2) is 11.5 Å². The Hall–Kier alpha value is -1.25. The number of halogens is 1. The summed E-state index contributed by atoms with van der Waals surface area (Å²) in [5, 5.41) is 0.698. The lowest BCUT2D eigenvalue weighted by atomic mass is 10.00. The molecular weight excluding hydrogens is 300 g/mol. The molecule has 110 valence electrons. The van der Waals surface area contributed by atoms with Crippen molar-refractivity contribution in [3.8, 4) is 0 Å². The van der Waals surface area contributed by atoms with Gasteiger partial charge in [-0.05, 0) is 36.1 Å². The van der Waals surface area contributed by atoms with Crippen molar-refractivity contribution in [2.45, 2.75) is 25.2 Å². The molecule has 0 N–H and O–H groups in total. The van der Waals surface area contributed by atoms with Crippen LogP contribution in [0.5, 0.6) is 0 Å². The van der Waals surface area contributed by atoms with Crippen LogP contribution in [0.3, 0.4) is 0 Å². The van der Waals surface area contributed by atoms with Gasteiger partial charge in [0.1, 0.15) is 0 Å². The van der Waals surface area contributed by atoms with Crippen LogP contribution in [0, 0.1) is 5.92 Å². The van der Waals surface area contributed by atoms with Crippen LogP contribution in [0.15, 0.2) is 53.4 Å². The third kappa shape index (κ3) is 4.90. The zero-order chi connectivity index (χ0) is 15.2. The normalized spacial score (nSPS) is 10.9. The van der Waals surface area contributed by atoms with Gasteiger partial charge in [0.2, 0.25) is 0 Å². The number of carbonyl (C=O) groups is 1. The van der Waals surface area contributed by atoms with Gasteiger partial charge >= 0.3 is 0 Å². The Kier molecular flexibility index (Phi) is 5.89. The SMILES string of the molecule is CC(C)Cc1cccc(C(=O)CSc2ccccc2Cl)c1. The summed E-state index contributed by atoms with van der Waals surface area (Å²) in [5.41, 5.74) is 2.01. The maximum absolute atomic E-state index is 12.3. The highest BCUT2D eigenvalue weighted by molar-refractivity contribution is 8.00. The fraction of sp³-hybridized carbons (Fsp3) is 0.278. The monoisotopic (exact) mass is 318 g/mol. The Labute approximate surface area is 135 Å². The van der Waals surface area contributed by atoms with E-state index < -0.39 is 0 Å². The zero-order valence-corrected chi connectivity index (χ0v) is 13.9. The highest BCUT2D eigenvalue weighted by Crippen LogP contribution is 2.27. The number of rotatable bonds is 6. The zero-order valence-electron chi connectivity index (χ0n) is 12.3. The van der Waals surface area contributed by atoms with E-state index in [-0.39, 0.29) is 5.78 Å². The molecule has 0 aliphatic carbocycles. The van der Waals surface area contributed by atoms with Gasteiger partial charge in [0.25, 0.3) is 0 Å². The van der Waals surface area contributed by atoms with E-state index in [1.54, 1.807) is 0 Å². The van der Waals surface area contributed by atoms with Crippen molar-refractivity contribution >= 4 is 29.1 Å². The molecule has 1 nitrogen and oxygen atoms in total. The first-order valence-corrected chi connectivity index (χ1v) is 8.42. The molecular formula is C18H19ClOS. The fourth-order valence-corrected chi connectivity index (χ4v) is 3.26. The molecule has 2 aromatic rings. The van der Waals surface area contributed by atoms with E-state index in [0.717, 1.165) is 16.9 Å². The molecule has 0 saturated carbocycles. The average molecular weight is 319 g/mol. The second kappa shape index (κ2) is 7.67. The molecule has 0 aromatic heterocycles. The van der Waals surface area contributed by atoms with Gasteiger partial charge in [-0.2, -0.15) is 0 Å². The van der Waals surface area contributed by atoms with Gasteiger partial charge in [-0.15, -0.1) is 11.8 Å². The van der Waals surface area contributed by atoms with Gasteiger partial charge in [0.15, 0.2) is 5.78 Å². The largest absolute Gasteiger partial charge is 0.293 e. The number of ketones is 1. The molecule has 21 heavy (non-hydrogen) atoms. The maximum atomic E-state index is 12.3. The van der Waals surface area contributed by atoms with E-state index in [1.165, 1.54) is 17.3 Å². The first-order chi connectivity index (χ1) is 10.1. The summed E-state index contributed by atoms with van der Waals surface area (Å²) < 4.78 is 0. The van der Waals surface area contributed by atoms with E-state index in [9.17, 15) is 4.79 Å². The van der Waals surface area contributed by atoms with Gasteiger partial charge in [-0.1, -0.05) is 55.8 Å².